The van der Waals surface area contributed by atoms with Crippen molar-refractivity contribution in [3.63, 3.8) is 0 Å². The normalized spacial score (nSPS) is 13.8. The zero-order valence-electron chi connectivity index (χ0n) is 10.0. The number of rotatable bonds is 7. The number of benzene rings is 1. The van der Waals surface area contributed by atoms with E-state index in [-0.39, 0.29) is 0 Å². The van der Waals surface area contributed by atoms with Crippen LogP contribution in [0.15, 0.2) is 49.6 Å². The Morgan fingerprint density at radius 2 is 1.88 bits per heavy atom. The van der Waals surface area contributed by atoms with E-state index in [1.807, 2.05) is 24.3 Å². The van der Waals surface area contributed by atoms with Crippen molar-refractivity contribution in [3.05, 3.63) is 55.1 Å². The maximum absolute atomic E-state index is 9.54. The molecule has 3 heteroatoms. The molecule has 0 aliphatic carbocycles. The van der Waals surface area contributed by atoms with Crippen molar-refractivity contribution in [2.75, 3.05) is 7.11 Å². The summed E-state index contributed by atoms with van der Waals surface area (Å²) in [5.41, 5.74) is 1.01. The van der Waals surface area contributed by atoms with Crippen molar-refractivity contribution in [2.45, 2.75) is 18.8 Å². The van der Waals surface area contributed by atoms with Crippen LogP contribution in [0.5, 0.6) is 5.75 Å². The highest BCUT2D eigenvalue weighted by Gasteiger charge is 2.12. The zero-order valence-corrected chi connectivity index (χ0v) is 10.0. The molecule has 1 aromatic rings. The van der Waals surface area contributed by atoms with Gasteiger partial charge in [0.15, 0.2) is 0 Å². The molecule has 1 N–H and O–H groups in total. The summed E-state index contributed by atoms with van der Waals surface area (Å²) >= 11 is 0. The second kappa shape index (κ2) is 6.89. The molecule has 0 saturated carbocycles. The topological polar surface area (TPSA) is 38.7 Å². The van der Waals surface area contributed by atoms with Crippen molar-refractivity contribution in [1.82, 2.24) is 0 Å². The van der Waals surface area contributed by atoms with E-state index in [1.54, 1.807) is 13.2 Å². The molecule has 0 radical (unpaired) electrons. The van der Waals surface area contributed by atoms with Gasteiger partial charge in [0, 0.05) is 0 Å². The van der Waals surface area contributed by atoms with Crippen molar-refractivity contribution in [2.24, 2.45) is 0 Å². The molecule has 0 aliphatic rings. The van der Waals surface area contributed by atoms with E-state index in [9.17, 15) is 5.11 Å². The number of ether oxygens (including phenoxy) is 2. The van der Waals surface area contributed by atoms with Gasteiger partial charge in [0.05, 0.1) is 13.7 Å². The number of aliphatic hydroxyl groups excluding tert-OH is 1. The molecule has 92 valence electrons. The molecule has 0 fully saturated rings. The maximum Gasteiger partial charge on any atom is 0.118 e. The molecular formula is C14H18O3. The molecule has 0 amide bonds. The molecule has 0 spiro atoms. The van der Waals surface area contributed by atoms with Gasteiger partial charge in [0.1, 0.15) is 18.0 Å². The van der Waals surface area contributed by atoms with E-state index in [1.165, 1.54) is 6.08 Å². The van der Waals surface area contributed by atoms with E-state index in [0.717, 1.165) is 11.3 Å². The summed E-state index contributed by atoms with van der Waals surface area (Å²) in [7, 11) is 1.62. The summed E-state index contributed by atoms with van der Waals surface area (Å²) in [6.07, 6.45) is 1.83. The van der Waals surface area contributed by atoms with Crippen molar-refractivity contribution >= 4 is 0 Å². The fraction of sp³-hybridized carbons (Fsp3) is 0.286. The number of hydrogen-bond acceptors (Lipinski definition) is 3. The van der Waals surface area contributed by atoms with Crippen LogP contribution in [0, 0.1) is 0 Å². The first kappa shape index (κ1) is 13.5. The molecule has 0 aliphatic heterocycles. The lowest BCUT2D eigenvalue weighted by Gasteiger charge is -2.17. The summed E-state index contributed by atoms with van der Waals surface area (Å²) in [5, 5.41) is 9.54. The van der Waals surface area contributed by atoms with Crippen LogP contribution in [0.2, 0.25) is 0 Å². The van der Waals surface area contributed by atoms with Crippen LogP contribution in [-0.2, 0) is 11.3 Å². The minimum Gasteiger partial charge on any atom is -0.497 e. The second-order valence-corrected chi connectivity index (χ2v) is 3.59. The average Bonchev–Trinajstić information content (AvgIpc) is 2.39. The van der Waals surface area contributed by atoms with Crippen molar-refractivity contribution in [1.29, 1.82) is 0 Å². The SMILES string of the molecule is C=CC(O)C(C=C)OCc1ccc(OC)cc1. The molecule has 0 aromatic heterocycles. The summed E-state index contributed by atoms with van der Waals surface area (Å²) in [6, 6.07) is 7.57. The van der Waals surface area contributed by atoms with Crippen LogP contribution in [0.1, 0.15) is 5.56 Å². The Morgan fingerprint density at radius 3 is 2.35 bits per heavy atom. The van der Waals surface area contributed by atoms with Gasteiger partial charge in [-0.25, -0.2) is 0 Å². The highest BCUT2D eigenvalue weighted by Crippen LogP contribution is 2.13. The van der Waals surface area contributed by atoms with E-state index in [0.29, 0.717) is 6.61 Å². The molecule has 17 heavy (non-hydrogen) atoms. The van der Waals surface area contributed by atoms with Gasteiger partial charge in [0.25, 0.3) is 0 Å². The Hall–Kier alpha value is -1.58. The lowest BCUT2D eigenvalue weighted by atomic mass is 10.2. The van der Waals surface area contributed by atoms with E-state index >= 15 is 0 Å². The number of methoxy groups -OCH3 is 1. The van der Waals surface area contributed by atoms with E-state index < -0.39 is 12.2 Å². The van der Waals surface area contributed by atoms with Crippen LogP contribution in [0.25, 0.3) is 0 Å². The van der Waals surface area contributed by atoms with Crippen LogP contribution < -0.4 is 4.74 Å². The monoisotopic (exact) mass is 234 g/mol. The smallest absolute Gasteiger partial charge is 0.118 e. The predicted molar refractivity (Wildman–Crippen MR) is 68.0 cm³/mol. The predicted octanol–water partition coefficient (Wildman–Crippen LogP) is 2.31. The maximum atomic E-state index is 9.54. The number of aliphatic hydroxyl groups is 1. The Kier molecular flexibility index (Phi) is 5.46. The Labute approximate surface area is 102 Å². The third-order valence-electron chi connectivity index (χ3n) is 2.41. The Morgan fingerprint density at radius 1 is 1.24 bits per heavy atom. The van der Waals surface area contributed by atoms with Gasteiger partial charge >= 0.3 is 0 Å². The van der Waals surface area contributed by atoms with Gasteiger partial charge in [-0.15, -0.1) is 13.2 Å². The van der Waals surface area contributed by atoms with Crippen LogP contribution in [0.4, 0.5) is 0 Å². The lowest BCUT2D eigenvalue weighted by Crippen LogP contribution is -2.24. The summed E-state index contributed by atoms with van der Waals surface area (Å²) in [4.78, 5) is 0. The van der Waals surface area contributed by atoms with Gasteiger partial charge in [-0.3, -0.25) is 0 Å². The van der Waals surface area contributed by atoms with Crippen LogP contribution >= 0.6 is 0 Å². The summed E-state index contributed by atoms with van der Waals surface area (Å²) in [5.74, 6) is 0.806. The van der Waals surface area contributed by atoms with E-state index in [4.69, 9.17) is 9.47 Å². The second-order valence-electron chi connectivity index (χ2n) is 3.59. The highest BCUT2D eigenvalue weighted by atomic mass is 16.5. The minimum absolute atomic E-state index is 0.408. The third kappa shape index (κ3) is 4.06. The van der Waals surface area contributed by atoms with Gasteiger partial charge < -0.3 is 14.6 Å². The van der Waals surface area contributed by atoms with Crippen LogP contribution in [0.3, 0.4) is 0 Å². The third-order valence-corrected chi connectivity index (χ3v) is 2.41. The first-order chi connectivity index (χ1) is 8.21. The van der Waals surface area contributed by atoms with Gasteiger partial charge in [0.2, 0.25) is 0 Å². The lowest BCUT2D eigenvalue weighted by molar-refractivity contribution is 0.00225. The fourth-order valence-corrected chi connectivity index (χ4v) is 1.35. The highest BCUT2D eigenvalue weighted by molar-refractivity contribution is 5.26. The van der Waals surface area contributed by atoms with Gasteiger partial charge in [-0.2, -0.15) is 0 Å². The Bertz CT molecular complexity index is 356. The molecule has 2 atom stereocenters. The molecule has 0 saturated heterocycles. The molecule has 0 heterocycles. The average molecular weight is 234 g/mol. The van der Waals surface area contributed by atoms with Crippen molar-refractivity contribution < 1.29 is 14.6 Å². The minimum atomic E-state index is -0.731. The first-order valence-electron chi connectivity index (χ1n) is 5.39. The molecule has 1 rings (SSSR count). The molecule has 3 nitrogen and oxygen atoms in total. The summed E-state index contributed by atoms with van der Waals surface area (Å²) in [6.45, 7) is 7.54. The zero-order chi connectivity index (χ0) is 12.7. The van der Waals surface area contributed by atoms with Gasteiger partial charge in [-0.1, -0.05) is 24.3 Å². The Balaban J connectivity index is 2.53. The van der Waals surface area contributed by atoms with Crippen molar-refractivity contribution in [3.8, 4) is 5.75 Å². The largest absolute Gasteiger partial charge is 0.497 e. The molecule has 1 aromatic carbocycles. The summed E-state index contributed by atoms with van der Waals surface area (Å²) < 4.78 is 10.6. The van der Waals surface area contributed by atoms with E-state index in [2.05, 4.69) is 13.2 Å². The first-order valence-corrected chi connectivity index (χ1v) is 5.39. The molecule has 0 bridgehead atoms. The molecular weight excluding hydrogens is 216 g/mol. The number of hydrogen-bond donors (Lipinski definition) is 1. The quantitative estimate of drug-likeness (QED) is 0.736. The standard InChI is InChI=1S/C14H18O3/c1-4-13(15)14(5-2)17-10-11-6-8-12(16-3)9-7-11/h4-9,13-15H,1-2,10H2,3H3. The van der Waals surface area contributed by atoms with Gasteiger partial charge in [-0.05, 0) is 17.7 Å². The van der Waals surface area contributed by atoms with Crippen LogP contribution in [-0.4, -0.2) is 24.4 Å². The fourth-order valence-electron chi connectivity index (χ4n) is 1.35. The molecule has 2 unspecified atom stereocenters.